The topological polar surface area (TPSA) is 89.3 Å². The molecule has 1 aromatic heterocycles. The van der Waals surface area contributed by atoms with Gasteiger partial charge in [0.15, 0.2) is 11.5 Å². The summed E-state index contributed by atoms with van der Waals surface area (Å²) in [6, 6.07) is 15.5. The number of aryl methyl sites for hydroxylation is 1. The minimum Gasteiger partial charge on any atom is -0.493 e. The Kier molecular flexibility index (Phi) is 8.68. The van der Waals surface area contributed by atoms with Gasteiger partial charge >= 0.3 is 0 Å². The number of amides is 1. The van der Waals surface area contributed by atoms with Gasteiger partial charge in [-0.1, -0.05) is 23.8 Å². The number of β-amino-alcohol motifs (C(OH)–C–C–N with tert-alkyl or cyclic N) is 1. The lowest BCUT2D eigenvalue weighted by Crippen LogP contribution is -2.51. The molecule has 2 aromatic carbocycles. The Labute approximate surface area is 218 Å². The van der Waals surface area contributed by atoms with Gasteiger partial charge in [-0.15, -0.1) is 0 Å². The molecule has 2 heterocycles. The van der Waals surface area contributed by atoms with Gasteiger partial charge in [0.1, 0.15) is 24.6 Å². The van der Waals surface area contributed by atoms with E-state index in [1.54, 1.807) is 18.2 Å². The predicted molar refractivity (Wildman–Crippen MR) is 140 cm³/mol. The van der Waals surface area contributed by atoms with E-state index in [9.17, 15) is 9.90 Å². The van der Waals surface area contributed by atoms with Crippen LogP contribution >= 0.6 is 0 Å². The van der Waals surface area contributed by atoms with Crippen LogP contribution in [0.1, 0.15) is 18.1 Å². The standard InChI is InChI=1S/C28H36N4O5/c1-22-5-8-25(9-6-22)37-21-28(34)19-30(13-14-31(20-28)23(2)33)18-24-7-10-26(27(17-24)35-3)36-16-15-32-12-4-11-29-32/h4-12,17,34H,13-16,18-21H2,1-3H3. The lowest BCUT2D eigenvalue weighted by molar-refractivity contribution is -0.132. The number of carbonyl (C=O) groups is 1. The first-order valence-corrected chi connectivity index (χ1v) is 12.5. The molecule has 9 heteroatoms. The van der Waals surface area contributed by atoms with Crippen molar-refractivity contribution in [1.82, 2.24) is 19.6 Å². The number of nitrogens with zero attached hydrogens (tertiary/aromatic N) is 4. The second-order valence-electron chi connectivity index (χ2n) is 9.58. The van der Waals surface area contributed by atoms with E-state index in [1.165, 1.54) is 6.92 Å². The lowest BCUT2D eigenvalue weighted by Gasteiger charge is -2.32. The van der Waals surface area contributed by atoms with E-state index in [2.05, 4.69) is 10.00 Å². The quantitative estimate of drug-likeness (QED) is 0.451. The number of rotatable bonds is 10. The molecular weight excluding hydrogens is 472 g/mol. The van der Waals surface area contributed by atoms with E-state index in [-0.39, 0.29) is 19.1 Å². The highest BCUT2D eigenvalue weighted by Crippen LogP contribution is 2.29. The molecule has 198 valence electrons. The zero-order chi connectivity index (χ0) is 26.3. The minimum absolute atomic E-state index is 0.0612. The maximum absolute atomic E-state index is 12.2. The van der Waals surface area contributed by atoms with Gasteiger partial charge in [-0.2, -0.15) is 5.10 Å². The molecule has 1 amide bonds. The summed E-state index contributed by atoms with van der Waals surface area (Å²) >= 11 is 0. The average molecular weight is 509 g/mol. The van der Waals surface area contributed by atoms with E-state index in [0.29, 0.717) is 56.6 Å². The summed E-state index contributed by atoms with van der Waals surface area (Å²) < 4.78 is 19.3. The van der Waals surface area contributed by atoms with Crippen LogP contribution in [0.15, 0.2) is 60.9 Å². The Hall–Kier alpha value is -3.56. The van der Waals surface area contributed by atoms with Crippen molar-refractivity contribution in [1.29, 1.82) is 0 Å². The van der Waals surface area contributed by atoms with Crippen molar-refractivity contribution in [3.8, 4) is 17.2 Å². The number of methoxy groups -OCH3 is 1. The van der Waals surface area contributed by atoms with Crippen LogP contribution in [0.5, 0.6) is 17.2 Å². The molecule has 1 aliphatic heterocycles. The van der Waals surface area contributed by atoms with Crippen LogP contribution in [-0.4, -0.2) is 82.7 Å². The summed E-state index contributed by atoms with van der Waals surface area (Å²) in [7, 11) is 1.62. The third-order valence-corrected chi connectivity index (χ3v) is 6.43. The van der Waals surface area contributed by atoms with E-state index in [1.807, 2.05) is 66.3 Å². The Balaban J connectivity index is 1.42. The summed E-state index contributed by atoms with van der Waals surface area (Å²) in [6.07, 6.45) is 3.63. The van der Waals surface area contributed by atoms with Gasteiger partial charge in [0.05, 0.1) is 20.2 Å². The molecule has 9 nitrogen and oxygen atoms in total. The molecule has 1 atom stereocenters. The number of aromatic nitrogens is 2. The molecule has 0 radical (unpaired) electrons. The molecule has 3 aromatic rings. The zero-order valence-electron chi connectivity index (χ0n) is 21.8. The highest BCUT2D eigenvalue weighted by Gasteiger charge is 2.37. The van der Waals surface area contributed by atoms with Crippen LogP contribution in [0.2, 0.25) is 0 Å². The second-order valence-corrected chi connectivity index (χ2v) is 9.58. The largest absolute Gasteiger partial charge is 0.493 e. The Morgan fingerprint density at radius 1 is 1.08 bits per heavy atom. The number of hydrogen-bond acceptors (Lipinski definition) is 7. The van der Waals surface area contributed by atoms with Gasteiger partial charge in [-0.05, 0) is 42.8 Å². The SMILES string of the molecule is COc1cc(CN2CCN(C(C)=O)CC(O)(COc3ccc(C)cc3)C2)ccc1OCCn1cccn1. The summed E-state index contributed by atoms with van der Waals surface area (Å²) in [4.78, 5) is 16.1. The van der Waals surface area contributed by atoms with Gasteiger partial charge in [0.25, 0.3) is 0 Å². The first kappa shape index (κ1) is 26.5. The second kappa shape index (κ2) is 12.1. The van der Waals surface area contributed by atoms with Crippen LogP contribution < -0.4 is 14.2 Å². The molecule has 0 bridgehead atoms. The normalized spacial score (nSPS) is 18.3. The summed E-state index contributed by atoms with van der Waals surface area (Å²) in [6.45, 7) is 7.09. The molecule has 37 heavy (non-hydrogen) atoms. The van der Waals surface area contributed by atoms with E-state index in [0.717, 1.165) is 11.1 Å². The van der Waals surface area contributed by atoms with Gasteiger partial charge in [0, 0.05) is 45.5 Å². The summed E-state index contributed by atoms with van der Waals surface area (Å²) in [5.74, 6) is 1.95. The Morgan fingerprint density at radius 2 is 1.89 bits per heavy atom. The van der Waals surface area contributed by atoms with E-state index in [4.69, 9.17) is 14.2 Å². The highest BCUT2D eigenvalue weighted by atomic mass is 16.5. The molecule has 1 unspecified atom stereocenters. The Bertz CT molecular complexity index is 1150. The molecule has 1 aliphatic rings. The van der Waals surface area contributed by atoms with Crippen LogP contribution in [0.3, 0.4) is 0 Å². The first-order valence-electron chi connectivity index (χ1n) is 12.5. The van der Waals surface area contributed by atoms with Gasteiger partial charge in [-0.3, -0.25) is 14.4 Å². The molecule has 0 spiro atoms. The zero-order valence-corrected chi connectivity index (χ0v) is 21.8. The monoisotopic (exact) mass is 508 g/mol. The molecule has 0 aliphatic carbocycles. The predicted octanol–water partition coefficient (Wildman–Crippen LogP) is 2.75. The van der Waals surface area contributed by atoms with Crippen molar-refractivity contribution < 1.29 is 24.1 Å². The van der Waals surface area contributed by atoms with Crippen molar-refractivity contribution in [3.05, 3.63) is 72.1 Å². The van der Waals surface area contributed by atoms with Gasteiger partial charge in [-0.25, -0.2) is 0 Å². The highest BCUT2D eigenvalue weighted by molar-refractivity contribution is 5.73. The van der Waals surface area contributed by atoms with Crippen molar-refractivity contribution in [2.75, 3.05) is 46.5 Å². The van der Waals surface area contributed by atoms with Gasteiger partial charge in [0.2, 0.25) is 5.91 Å². The van der Waals surface area contributed by atoms with Crippen LogP contribution in [0.4, 0.5) is 0 Å². The fourth-order valence-electron chi connectivity index (χ4n) is 4.46. The van der Waals surface area contributed by atoms with Crippen LogP contribution in [0, 0.1) is 6.92 Å². The summed E-state index contributed by atoms with van der Waals surface area (Å²) in [5.41, 5.74) is 0.945. The summed E-state index contributed by atoms with van der Waals surface area (Å²) in [5, 5.41) is 15.7. The number of carbonyl (C=O) groups excluding carboxylic acids is 1. The maximum Gasteiger partial charge on any atom is 0.219 e. The third kappa shape index (κ3) is 7.47. The van der Waals surface area contributed by atoms with Crippen molar-refractivity contribution in [2.24, 2.45) is 0 Å². The molecular formula is C28H36N4O5. The molecule has 0 saturated carbocycles. The van der Waals surface area contributed by atoms with E-state index >= 15 is 0 Å². The number of aliphatic hydroxyl groups is 1. The Morgan fingerprint density at radius 3 is 2.59 bits per heavy atom. The number of hydrogen-bond donors (Lipinski definition) is 1. The maximum atomic E-state index is 12.2. The fourth-order valence-corrected chi connectivity index (χ4v) is 4.46. The average Bonchev–Trinajstić information content (AvgIpc) is 3.34. The van der Waals surface area contributed by atoms with Crippen LogP contribution in [-0.2, 0) is 17.9 Å². The van der Waals surface area contributed by atoms with Crippen LogP contribution in [0.25, 0.3) is 0 Å². The van der Waals surface area contributed by atoms with E-state index < -0.39 is 5.60 Å². The molecule has 1 fully saturated rings. The lowest BCUT2D eigenvalue weighted by atomic mass is 10.0. The molecule has 1 N–H and O–H groups in total. The van der Waals surface area contributed by atoms with Crippen molar-refractivity contribution in [3.63, 3.8) is 0 Å². The van der Waals surface area contributed by atoms with Crippen molar-refractivity contribution in [2.45, 2.75) is 32.5 Å². The number of ether oxygens (including phenoxy) is 3. The minimum atomic E-state index is -1.22. The third-order valence-electron chi connectivity index (χ3n) is 6.43. The number of benzene rings is 2. The molecule has 4 rings (SSSR count). The molecule has 1 saturated heterocycles. The van der Waals surface area contributed by atoms with Gasteiger partial charge < -0.3 is 24.2 Å². The van der Waals surface area contributed by atoms with Crippen molar-refractivity contribution >= 4 is 5.91 Å². The fraction of sp³-hybridized carbons (Fsp3) is 0.429. The smallest absolute Gasteiger partial charge is 0.219 e. The first-order chi connectivity index (χ1) is 17.8.